The minimum atomic E-state index is -1.94. The first-order chi connectivity index (χ1) is 16.7. The fraction of sp³-hybridized carbons (Fsp3) is 0.250. The summed E-state index contributed by atoms with van der Waals surface area (Å²) in [4.78, 5) is 52.4. The van der Waals surface area contributed by atoms with E-state index in [1.54, 1.807) is 30.3 Å². The van der Waals surface area contributed by atoms with Crippen molar-refractivity contribution in [1.82, 2.24) is 9.80 Å². The van der Waals surface area contributed by atoms with Crippen molar-refractivity contribution in [1.29, 1.82) is 0 Å². The van der Waals surface area contributed by atoms with Gasteiger partial charge in [-0.05, 0) is 24.3 Å². The van der Waals surface area contributed by atoms with Gasteiger partial charge in [0.1, 0.15) is 5.69 Å². The molecular formula is C24H19F2N3O6. The van der Waals surface area contributed by atoms with E-state index in [9.17, 15) is 24.3 Å². The Bertz CT molecular complexity index is 1270. The topological polar surface area (TPSA) is 107 Å². The Balaban J connectivity index is 1.70. The molecule has 2 aliphatic rings. The predicted octanol–water partition coefficient (Wildman–Crippen LogP) is 2.43. The highest BCUT2D eigenvalue weighted by molar-refractivity contribution is 6.20. The third-order valence-electron chi connectivity index (χ3n) is 5.80. The number of hydrogen-bond acceptors (Lipinski definition) is 5. The van der Waals surface area contributed by atoms with Crippen LogP contribution in [0.3, 0.4) is 0 Å². The molecule has 11 heteroatoms. The van der Waals surface area contributed by atoms with Crippen molar-refractivity contribution in [2.24, 2.45) is 0 Å². The fourth-order valence-corrected chi connectivity index (χ4v) is 4.24. The summed E-state index contributed by atoms with van der Waals surface area (Å²) in [5.74, 6) is 0.905. The Labute approximate surface area is 198 Å². The predicted molar refractivity (Wildman–Crippen MR) is 117 cm³/mol. The third kappa shape index (κ3) is 4.08. The number of amides is 5. The summed E-state index contributed by atoms with van der Waals surface area (Å²) in [6.07, 6.45) is -2.26. The molecule has 2 fully saturated rings. The number of methoxy groups -OCH3 is 1. The van der Waals surface area contributed by atoms with Gasteiger partial charge < -0.3 is 14.7 Å². The van der Waals surface area contributed by atoms with Crippen molar-refractivity contribution in [2.45, 2.75) is 12.0 Å². The van der Waals surface area contributed by atoms with Gasteiger partial charge in [-0.15, -0.1) is 0 Å². The zero-order valence-corrected chi connectivity index (χ0v) is 18.5. The summed E-state index contributed by atoms with van der Waals surface area (Å²) in [6.45, 7) is -1.12. The van der Waals surface area contributed by atoms with E-state index in [1.807, 2.05) is 0 Å². The standard InChI is InChI=1S/C24H19F2N3O6/c1-35-14-24-13-19(30)29(22(32)28(24)10-9-27(21(24)31)23(33)34)20-17(25)11-16(12-18(20)26)8-7-15-5-3-2-4-6-15/h2-6,11-12H,9-10,13-14H2,1H3,(H,33,34). The van der Waals surface area contributed by atoms with E-state index >= 15 is 8.78 Å². The quantitative estimate of drug-likeness (QED) is 0.672. The Morgan fingerprint density at radius 2 is 1.69 bits per heavy atom. The second kappa shape index (κ2) is 9.15. The SMILES string of the molecule is COCC12CC(=O)N(c3c(F)cc(C#Cc4ccccc4)cc3F)C(=O)N1CCN(C(=O)O)C2=O. The first-order valence-electron chi connectivity index (χ1n) is 10.4. The van der Waals surface area contributed by atoms with Crippen LogP contribution < -0.4 is 4.90 Å². The van der Waals surface area contributed by atoms with Gasteiger partial charge in [-0.3, -0.25) is 9.59 Å². The maximum absolute atomic E-state index is 15.0. The van der Waals surface area contributed by atoms with Crippen molar-refractivity contribution in [2.75, 3.05) is 31.7 Å². The number of piperazine rings is 1. The summed E-state index contributed by atoms with van der Waals surface area (Å²) in [5.41, 5.74) is -2.23. The molecule has 0 saturated carbocycles. The number of rotatable bonds is 3. The van der Waals surface area contributed by atoms with Crippen molar-refractivity contribution < 1.29 is 37.8 Å². The molecule has 2 aliphatic heterocycles. The first kappa shape index (κ1) is 23.8. The molecule has 2 aromatic rings. The number of carbonyl (C=O) groups excluding carboxylic acids is 3. The maximum Gasteiger partial charge on any atom is 0.414 e. The first-order valence-corrected chi connectivity index (χ1v) is 10.4. The van der Waals surface area contributed by atoms with Crippen LogP contribution in [0.2, 0.25) is 0 Å². The second-order valence-corrected chi connectivity index (χ2v) is 7.95. The van der Waals surface area contributed by atoms with E-state index in [2.05, 4.69) is 11.8 Å². The highest BCUT2D eigenvalue weighted by Gasteiger charge is 2.59. The number of carbonyl (C=O) groups is 4. The normalized spacial score (nSPS) is 19.9. The Morgan fingerprint density at radius 1 is 1.06 bits per heavy atom. The molecule has 4 rings (SSSR count). The number of ether oxygens (including phenoxy) is 1. The van der Waals surface area contributed by atoms with Gasteiger partial charge in [-0.25, -0.2) is 28.2 Å². The number of halogens is 2. The Hall–Kier alpha value is -4.30. The van der Waals surface area contributed by atoms with E-state index in [0.717, 1.165) is 17.0 Å². The second-order valence-electron chi connectivity index (χ2n) is 7.95. The molecule has 35 heavy (non-hydrogen) atoms. The molecule has 2 saturated heterocycles. The van der Waals surface area contributed by atoms with Crippen LogP contribution in [0.5, 0.6) is 0 Å². The van der Waals surface area contributed by atoms with E-state index < -0.39 is 59.8 Å². The van der Waals surface area contributed by atoms with Crippen molar-refractivity contribution in [3.8, 4) is 11.8 Å². The van der Waals surface area contributed by atoms with Crippen LogP contribution in [-0.4, -0.2) is 71.2 Å². The van der Waals surface area contributed by atoms with Crippen LogP contribution in [0, 0.1) is 23.5 Å². The van der Waals surface area contributed by atoms with Gasteiger partial charge in [0.25, 0.3) is 5.91 Å². The number of fused-ring (bicyclic) bond motifs is 1. The maximum atomic E-state index is 15.0. The average Bonchev–Trinajstić information content (AvgIpc) is 2.81. The van der Waals surface area contributed by atoms with Crippen LogP contribution in [0.15, 0.2) is 42.5 Å². The molecular weight excluding hydrogens is 464 g/mol. The molecule has 1 atom stereocenters. The van der Waals surface area contributed by atoms with E-state index in [4.69, 9.17) is 4.74 Å². The molecule has 2 heterocycles. The number of nitrogens with zero attached hydrogens (tertiary/aromatic N) is 3. The minimum Gasteiger partial charge on any atom is -0.465 e. The van der Waals surface area contributed by atoms with Crippen molar-refractivity contribution in [3.05, 3.63) is 65.2 Å². The monoisotopic (exact) mass is 483 g/mol. The summed E-state index contributed by atoms with van der Waals surface area (Å²) >= 11 is 0. The highest BCUT2D eigenvalue weighted by atomic mass is 19.1. The van der Waals surface area contributed by atoms with Gasteiger partial charge in [0.05, 0.1) is 13.0 Å². The Morgan fingerprint density at radius 3 is 2.29 bits per heavy atom. The number of urea groups is 1. The zero-order valence-electron chi connectivity index (χ0n) is 18.5. The summed E-state index contributed by atoms with van der Waals surface area (Å²) < 4.78 is 35.1. The minimum absolute atomic E-state index is 0.0107. The van der Waals surface area contributed by atoms with Gasteiger partial charge in [0.2, 0.25) is 5.91 Å². The molecule has 2 aromatic carbocycles. The molecule has 0 radical (unpaired) electrons. The molecule has 0 aliphatic carbocycles. The fourth-order valence-electron chi connectivity index (χ4n) is 4.24. The molecule has 5 amide bonds. The van der Waals surface area contributed by atoms with Crippen molar-refractivity contribution in [3.63, 3.8) is 0 Å². The summed E-state index contributed by atoms with van der Waals surface area (Å²) in [7, 11) is 1.22. The van der Waals surface area contributed by atoms with E-state index in [0.29, 0.717) is 15.4 Å². The van der Waals surface area contributed by atoms with Gasteiger partial charge in [0, 0.05) is 31.3 Å². The number of benzene rings is 2. The van der Waals surface area contributed by atoms with Crippen LogP contribution in [-0.2, 0) is 14.3 Å². The zero-order chi connectivity index (χ0) is 25.3. The molecule has 9 nitrogen and oxygen atoms in total. The smallest absolute Gasteiger partial charge is 0.414 e. The van der Waals surface area contributed by atoms with Gasteiger partial charge in [-0.2, -0.15) is 0 Å². The number of anilines is 1. The van der Waals surface area contributed by atoms with E-state index in [1.165, 1.54) is 7.11 Å². The molecule has 180 valence electrons. The Kier molecular flexibility index (Phi) is 6.24. The summed E-state index contributed by atoms with van der Waals surface area (Å²) in [5, 5.41) is 9.31. The van der Waals surface area contributed by atoms with Crippen LogP contribution >= 0.6 is 0 Å². The molecule has 1 N–H and O–H groups in total. The van der Waals surface area contributed by atoms with Crippen molar-refractivity contribution >= 4 is 29.6 Å². The number of hydrogen-bond donors (Lipinski definition) is 1. The molecule has 0 spiro atoms. The number of carboxylic acid groups (broad SMARTS) is 1. The molecule has 1 unspecified atom stereocenters. The third-order valence-corrected chi connectivity index (χ3v) is 5.80. The lowest BCUT2D eigenvalue weighted by Gasteiger charge is -2.51. The lowest BCUT2D eigenvalue weighted by atomic mass is 9.87. The van der Waals surface area contributed by atoms with Crippen LogP contribution in [0.1, 0.15) is 17.5 Å². The largest absolute Gasteiger partial charge is 0.465 e. The highest BCUT2D eigenvalue weighted by Crippen LogP contribution is 2.37. The van der Waals surface area contributed by atoms with E-state index in [-0.39, 0.29) is 18.7 Å². The van der Waals surface area contributed by atoms with Gasteiger partial charge >= 0.3 is 12.1 Å². The lowest BCUT2D eigenvalue weighted by Crippen LogP contribution is -2.75. The van der Waals surface area contributed by atoms with Crippen LogP contribution in [0.25, 0.3) is 0 Å². The van der Waals surface area contributed by atoms with Crippen LogP contribution in [0.4, 0.5) is 24.1 Å². The number of imide groups is 2. The summed E-state index contributed by atoms with van der Waals surface area (Å²) in [6, 6.07) is 9.39. The van der Waals surface area contributed by atoms with Gasteiger partial charge in [0.15, 0.2) is 17.2 Å². The molecule has 0 aromatic heterocycles. The average molecular weight is 483 g/mol. The lowest BCUT2D eigenvalue weighted by molar-refractivity contribution is -0.154. The van der Waals surface area contributed by atoms with Gasteiger partial charge in [-0.1, -0.05) is 30.0 Å². The molecule has 0 bridgehead atoms.